The van der Waals surface area contributed by atoms with Crippen LogP contribution in [0.15, 0.2) is 58.1 Å². The molecule has 3 rings (SSSR count). The third-order valence-corrected chi connectivity index (χ3v) is 4.33. The number of nitrogens with one attached hydrogen (secondary N) is 1. The van der Waals surface area contributed by atoms with Crippen LogP contribution in [0.3, 0.4) is 0 Å². The lowest BCUT2D eigenvalue weighted by Crippen LogP contribution is -1.98. The Labute approximate surface area is 159 Å². The maximum atomic E-state index is 5.86. The number of aromatic amines is 1. The number of halogens is 1. The first kappa shape index (κ1) is 17.6. The highest BCUT2D eigenvalue weighted by Gasteiger charge is 2.02. The quantitative estimate of drug-likeness (QED) is 0.466. The van der Waals surface area contributed by atoms with Crippen LogP contribution in [-0.2, 0) is 13.0 Å². The van der Waals surface area contributed by atoms with E-state index in [0.717, 1.165) is 33.6 Å². The van der Waals surface area contributed by atoms with E-state index in [1.165, 1.54) is 0 Å². The number of nitrogens with zero attached hydrogens (tertiary/aromatic N) is 3. The van der Waals surface area contributed by atoms with Crippen molar-refractivity contribution in [1.82, 2.24) is 14.9 Å². The van der Waals surface area contributed by atoms with E-state index in [2.05, 4.69) is 31.2 Å². The first-order valence-corrected chi connectivity index (χ1v) is 9.04. The fraction of sp³-hybridized carbons (Fsp3) is 0.167. The van der Waals surface area contributed by atoms with Crippen LogP contribution < -0.4 is 4.74 Å². The lowest BCUT2D eigenvalue weighted by atomic mass is 10.2. The van der Waals surface area contributed by atoms with Gasteiger partial charge in [-0.3, -0.25) is 5.10 Å². The Morgan fingerprint density at radius 2 is 2.08 bits per heavy atom. The van der Waals surface area contributed by atoms with Crippen LogP contribution in [0.4, 0.5) is 0 Å². The second kappa shape index (κ2) is 8.22. The van der Waals surface area contributed by atoms with Gasteiger partial charge in [-0.05, 0) is 47.6 Å². The van der Waals surface area contributed by atoms with Crippen LogP contribution in [0, 0.1) is 4.77 Å². The zero-order valence-electron chi connectivity index (χ0n) is 13.6. The van der Waals surface area contributed by atoms with E-state index in [4.69, 9.17) is 17.0 Å². The maximum absolute atomic E-state index is 5.86. The van der Waals surface area contributed by atoms with Gasteiger partial charge >= 0.3 is 0 Å². The molecule has 0 aliphatic carbocycles. The van der Waals surface area contributed by atoms with Gasteiger partial charge < -0.3 is 4.74 Å². The highest BCUT2D eigenvalue weighted by Crippen LogP contribution is 2.16. The molecule has 1 heterocycles. The van der Waals surface area contributed by atoms with Crippen LogP contribution >= 0.6 is 28.1 Å². The van der Waals surface area contributed by atoms with E-state index in [-0.39, 0.29) is 0 Å². The molecule has 2 aromatic carbocycles. The number of aryl methyl sites for hydroxylation is 1. The molecule has 0 fully saturated rings. The zero-order valence-corrected chi connectivity index (χ0v) is 16.0. The summed E-state index contributed by atoms with van der Waals surface area (Å²) >= 11 is 8.62. The molecule has 0 saturated heterocycles. The van der Waals surface area contributed by atoms with Gasteiger partial charge in [0.25, 0.3) is 0 Å². The Morgan fingerprint density at radius 1 is 1.28 bits per heavy atom. The molecule has 3 aromatic rings. The largest absolute Gasteiger partial charge is 0.489 e. The summed E-state index contributed by atoms with van der Waals surface area (Å²) in [5.74, 6) is 1.59. The van der Waals surface area contributed by atoms with Crippen molar-refractivity contribution in [1.29, 1.82) is 0 Å². The van der Waals surface area contributed by atoms with Crippen LogP contribution in [0.25, 0.3) is 0 Å². The summed E-state index contributed by atoms with van der Waals surface area (Å²) in [5, 5.41) is 11.3. The monoisotopic (exact) mass is 416 g/mol. The predicted octanol–water partition coefficient (Wildman–Crippen LogP) is 4.73. The Balaban J connectivity index is 1.70. The third-order valence-electron chi connectivity index (χ3n) is 3.53. The summed E-state index contributed by atoms with van der Waals surface area (Å²) in [5.41, 5.74) is 2.04. The van der Waals surface area contributed by atoms with E-state index in [0.29, 0.717) is 11.4 Å². The number of hydrogen-bond acceptors (Lipinski definition) is 4. The average molecular weight is 417 g/mol. The number of ether oxygens (including phenoxy) is 1. The summed E-state index contributed by atoms with van der Waals surface area (Å²) < 4.78 is 9.02. The van der Waals surface area contributed by atoms with Crippen molar-refractivity contribution >= 4 is 34.4 Å². The fourth-order valence-corrected chi connectivity index (χ4v) is 2.69. The number of hydrogen-bond donors (Lipinski definition) is 1. The SMILES string of the molecule is CCc1n[nH]c(=S)n1/N=C/c1cccc(OCc2ccc(Br)cc2)c1. The Hall–Kier alpha value is -2.25. The molecule has 7 heteroatoms. The van der Waals surface area contributed by atoms with Crippen molar-refractivity contribution in [2.45, 2.75) is 20.0 Å². The average Bonchev–Trinajstić information content (AvgIpc) is 2.99. The van der Waals surface area contributed by atoms with E-state index >= 15 is 0 Å². The van der Waals surface area contributed by atoms with Crippen molar-refractivity contribution in [3.8, 4) is 5.75 Å². The molecule has 0 aliphatic rings. The second-order valence-corrected chi connectivity index (χ2v) is 6.64. The summed E-state index contributed by atoms with van der Waals surface area (Å²) in [7, 11) is 0. The van der Waals surface area contributed by atoms with Crippen LogP contribution in [-0.4, -0.2) is 21.1 Å². The van der Waals surface area contributed by atoms with Gasteiger partial charge in [-0.1, -0.05) is 47.1 Å². The van der Waals surface area contributed by atoms with Gasteiger partial charge in [-0.25, -0.2) is 0 Å². The lowest BCUT2D eigenvalue weighted by Gasteiger charge is -2.07. The van der Waals surface area contributed by atoms with Crippen LogP contribution in [0.5, 0.6) is 5.75 Å². The summed E-state index contributed by atoms with van der Waals surface area (Å²) in [6.07, 6.45) is 2.50. The van der Waals surface area contributed by atoms with Gasteiger partial charge in [-0.2, -0.15) is 14.9 Å². The van der Waals surface area contributed by atoms with Gasteiger partial charge in [-0.15, -0.1) is 0 Å². The molecule has 0 atom stereocenters. The minimum Gasteiger partial charge on any atom is -0.489 e. The summed E-state index contributed by atoms with van der Waals surface area (Å²) in [4.78, 5) is 0. The Kier molecular flexibility index (Phi) is 5.78. The number of benzene rings is 2. The van der Waals surface area contributed by atoms with Crippen molar-refractivity contribution in [3.05, 3.63) is 74.7 Å². The third kappa shape index (κ3) is 4.64. The Bertz CT molecular complexity index is 931. The van der Waals surface area contributed by atoms with Gasteiger partial charge in [0.05, 0.1) is 6.21 Å². The molecule has 0 unspecified atom stereocenters. The lowest BCUT2D eigenvalue weighted by molar-refractivity contribution is 0.306. The molecule has 1 N–H and O–H groups in total. The molecule has 0 radical (unpaired) electrons. The van der Waals surface area contributed by atoms with Gasteiger partial charge in [0.2, 0.25) is 4.77 Å². The van der Waals surface area contributed by atoms with Gasteiger partial charge in [0.15, 0.2) is 5.82 Å². The van der Waals surface area contributed by atoms with Crippen molar-refractivity contribution in [2.75, 3.05) is 0 Å². The minimum atomic E-state index is 0.482. The molecule has 128 valence electrons. The Morgan fingerprint density at radius 3 is 2.84 bits per heavy atom. The predicted molar refractivity (Wildman–Crippen MR) is 105 cm³/mol. The molecule has 0 amide bonds. The smallest absolute Gasteiger partial charge is 0.216 e. The van der Waals surface area contributed by atoms with Crippen molar-refractivity contribution in [2.24, 2.45) is 5.10 Å². The van der Waals surface area contributed by atoms with Gasteiger partial charge in [0.1, 0.15) is 12.4 Å². The number of rotatable bonds is 6. The normalized spacial score (nSPS) is 11.1. The molecule has 5 nitrogen and oxygen atoms in total. The van der Waals surface area contributed by atoms with Crippen molar-refractivity contribution < 1.29 is 4.74 Å². The summed E-state index contributed by atoms with van der Waals surface area (Å²) in [6.45, 7) is 2.52. The topological polar surface area (TPSA) is 55.2 Å². The molecule has 0 spiro atoms. The first-order valence-electron chi connectivity index (χ1n) is 7.83. The van der Waals surface area contributed by atoms with E-state index in [1.54, 1.807) is 10.9 Å². The van der Waals surface area contributed by atoms with E-state index < -0.39 is 0 Å². The highest BCUT2D eigenvalue weighted by atomic mass is 79.9. The van der Waals surface area contributed by atoms with Gasteiger partial charge in [0, 0.05) is 10.9 Å². The number of aromatic nitrogens is 3. The fourth-order valence-electron chi connectivity index (χ4n) is 2.23. The standard InChI is InChI=1S/C18H17BrN4OS/c1-2-17-21-22-18(25)23(17)20-11-14-4-3-5-16(10-14)24-12-13-6-8-15(19)9-7-13/h3-11H,2,12H2,1H3,(H,22,25)/b20-11+. The molecule has 25 heavy (non-hydrogen) atoms. The molecule has 0 saturated carbocycles. The first-order chi connectivity index (χ1) is 12.2. The number of H-pyrrole nitrogens is 1. The van der Waals surface area contributed by atoms with Crippen LogP contribution in [0.2, 0.25) is 0 Å². The highest BCUT2D eigenvalue weighted by molar-refractivity contribution is 9.10. The summed E-state index contributed by atoms with van der Waals surface area (Å²) in [6, 6.07) is 15.8. The van der Waals surface area contributed by atoms with Crippen LogP contribution in [0.1, 0.15) is 23.9 Å². The van der Waals surface area contributed by atoms with E-state index in [9.17, 15) is 0 Å². The van der Waals surface area contributed by atoms with E-state index in [1.807, 2.05) is 55.5 Å². The minimum absolute atomic E-state index is 0.482. The van der Waals surface area contributed by atoms with Crippen molar-refractivity contribution in [3.63, 3.8) is 0 Å². The molecule has 0 aliphatic heterocycles. The molecule has 1 aromatic heterocycles. The molecular weight excluding hydrogens is 400 g/mol. The second-order valence-electron chi connectivity index (χ2n) is 5.34. The zero-order chi connectivity index (χ0) is 17.6. The maximum Gasteiger partial charge on any atom is 0.216 e. The molecular formula is C18H17BrN4OS. The molecule has 0 bridgehead atoms.